The van der Waals surface area contributed by atoms with E-state index in [1.165, 1.54) is 32.1 Å². The van der Waals surface area contributed by atoms with E-state index >= 15 is 0 Å². The van der Waals surface area contributed by atoms with Gasteiger partial charge < -0.3 is 10.5 Å². The summed E-state index contributed by atoms with van der Waals surface area (Å²) in [5.74, 6) is 0. The van der Waals surface area contributed by atoms with E-state index in [2.05, 4.69) is 13.8 Å². The maximum Gasteiger partial charge on any atom is 0.0576 e. The Morgan fingerprint density at radius 2 is 2.31 bits per heavy atom. The maximum absolute atomic E-state index is 5.76. The van der Waals surface area contributed by atoms with Crippen LogP contribution in [-0.2, 0) is 4.74 Å². The third kappa shape index (κ3) is 3.28. The van der Waals surface area contributed by atoms with E-state index in [1.807, 2.05) is 0 Å². The van der Waals surface area contributed by atoms with Gasteiger partial charge in [-0.2, -0.15) is 0 Å². The summed E-state index contributed by atoms with van der Waals surface area (Å²) >= 11 is 0. The van der Waals surface area contributed by atoms with E-state index in [4.69, 9.17) is 10.5 Å². The van der Waals surface area contributed by atoms with Crippen molar-refractivity contribution < 1.29 is 4.74 Å². The number of hydrogen-bond donors (Lipinski definition) is 1. The van der Waals surface area contributed by atoms with Crippen LogP contribution in [-0.4, -0.2) is 19.3 Å². The number of hydrogen-bond acceptors (Lipinski definition) is 2. The Hall–Kier alpha value is -0.0800. The minimum atomic E-state index is 0.339. The van der Waals surface area contributed by atoms with Crippen LogP contribution in [0.5, 0.6) is 0 Å². The normalized spacial score (nSPS) is 27.5. The average molecular weight is 185 g/mol. The molecule has 1 fully saturated rings. The molecule has 0 aliphatic carbocycles. The van der Waals surface area contributed by atoms with Gasteiger partial charge in [-0.05, 0) is 44.1 Å². The second-order valence-electron chi connectivity index (χ2n) is 4.54. The molecule has 2 heteroatoms. The smallest absolute Gasteiger partial charge is 0.0576 e. The van der Waals surface area contributed by atoms with Gasteiger partial charge in [0.25, 0.3) is 0 Å². The summed E-state index contributed by atoms with van der Waals surface area (Å²) in [6, 6.07) is 0. The maximum atomic E-state index is 5.76. The molecule has 1 saturated heterocycles. The molecule has 2 unspecified atom stereocenters. The molecule has 1 heterocycles. The molecule has 0 radical (unpaired) electrons. The first-order valence-electron chi connectivity index (χ1n) is 5.52. The molecule has 1 aliphatic rings. The Balaban J connectivity index is 2.22. The minimum Gasteiger partial charge on any atom is -0.378 e. The molecule has 2 atom stereocenters. The van der Waals surface area contributed by atoms with Crippen molar-refractivity contribution in [2.45, 2.75) is 52.1 Å². The van der Waals surface area contributed by atoms with E-state index < -0.39 is 0 Å². The zero-order valence-corrected chi connectivity index (χ0v) is 9.01. The molecule has 78 valence electrons. The first-order valence-corrected chi connectivity index (χ1v) is 5.52. The fourth-order valence-electron chi connectivity index (χ4n) is 1.80. The molecule has 1 rings (SSSR count). The van der Waals surface area contributed by atoms with Crippen molar-refractivity contribution in [3.05, 3.63) is 0 Å². The van der Waals surface area contributed by atoms with E-state index in [1.54, 1.807) is 0 Å². The second-order valence-corrected chi connectivity index (χ2v) is 4.54. The van der Waals surface area contributed by atoms with Crippen LogP contribution in [0.15, 0.2) is 0 Å². The van der Waals surface area contributed by atoms with Crippen LogP contribution in [0.25, 0.3) is 0 Å². The second kappa shape index (κ2) is 4.97. The third-order valence-corrected chi connectivity index (χ3v) is 3.44. The van der Waals surface area contributed by atoms with Crippen LogP contribution >= 0.6 is 0 Å². The van der Waals surface area contributed by atoms with E-state index in [0.717, 1.165) is 13.2 Å². The van der Waals surface area contributed by atoms with Gasteiger partial charge in [-0.15, -0.1) is 0 Å². The van der Waals surface area contributed by atoms with Gasteiger partial charge in [0.2, 0.25) is 0 Å². The predicted octanol–water partition coefficient (Wildman–Crippen LogP) is 2.32. The van der Waals surface area contributed by atoms with Gasteiger partial charge in [0.1, 0.15) is 0 Å². The summed E-state index contributed by atoms with van der Waals surface area (Å²) in [4.78, 5) is 0. The third-order valence-electron chi connectivity index (χ3n) is 3.44. The monoisotopic (exact) mass is 185 g/mol. The predicted molar refractivity (Wildman–Crippen MR) is 55.7 cm³/mol. The lowest BCUT2D eigenvalue weighted by molar-refractivity contribution is 0.0898. The highest BCUT2D eigenvalue weighted by atomic mass is 16.5. The zero-order chi connectivity index (χ0) is 9.73. The molecule has 0 amide bonds. The fraction of sp³-hybridized carbons (Fsp3) is 1.00. The van der Waals surface area contributed by atoms with Crippen LogP contribution in [0.1, 0.15) is 46.0 Å². The van der Waals surface area contributed by atoms with Gasteiger partial charge in [-0.25, -0.2) is 0 Å². The van der Waals surface area contributed by atoms with Gasteiger partial charge in [0, 0.05) is 6.61 Å². The minimum absolute atomic E-state index is 0.339. The standard InChI is InChI=1S/C11H23NO/c1-3-11(2,9-12)7-6-10-5-4-8-13-10/h10H,3-9,12H2,1-2H3. The van der Waals surface area contributed by atoms with Crippen LogP contribution < -0.4 is 5.73 Å². The van der Waals surface area contributed by atoms with Crippen LogP contribution in [0.4, 0.5) is 0 Å². The first-order chi connectivity index (χ1) is 6.20. The number of rotatable bonds is 5. The van der Waals surface area contributed by atoms with Crippen LogP contribution in [0.3, 0.4) is 0 Å². The molecule has 2 N–H and O–H groups in total. The van der Waals surface area contributed by atoms with Crippen molar-refractivity contribution in [1.82, 2.24) is 0 Å². The zero-order valence-electron chi connectivity index (χ0n) is 9.01. The quantitative estimate of drug-likeness (QED) is 0.713. The summed E-state index contributed by atoms with van der Waals surface area (Å²) in [5, 5.41) is 0. The van der Waals surface area contributed by atoms with Crippen molar-refractivity contribution in [3.63, 3.8) is 0 Å². The fourth-order valence-corrected chi connectivity index (χ4v) is 1.80. The molecule has 0 aromatic rings. The lowest BCUT2D eigenvalue weighted by Gasteiger charge is -2.27. The first kappa shape index (κ1) is 11.0. The molecule has 2 nitrogen and oxygen atoms in total. The SMILES string of the molecule is CCC(C)(CN)CCC1CCCO1. The van der Waals surface area contributed by atoms with Gasteiger partial charge in [0.05, 0.1) is 6.10 Å². The summed E-state index contributed by atoms with van der Waals surface area (Å²) in [6.45, 7) is 6.27. The average Bonchev–Trinajstić information content (AvgIpc) is 2.67. The van der Waals surface area contributed by atoms with Crippen molar-refractivity contribution >= 4 is 0 Å². The lowest BCUT2D eigenvalue weighted by Crippen LogP contribution is -2.27. The van der Waals surface area contributed by atoms with Gasteiger partial charge >= 0.3 is 0 Å². The summed E-state index contributed by atoms with van der Waals surface area (Å²) in [7, 11) is 0. The largest absolute Gasteiger partial charge is 0.378 e. The van der Waals surface area contributed by atoms with Gasteiger partial charge in [-0.3, -0.25) is 0 Å². The molecule has 13 heavy (non-hydrogen) atoms. The molecular formula is C11H23NO. The highest BCUT2D eigenvalue weighted by Gasteiger charge is 2.23. The van der Waals surface area contributed by atoms with E-state index in [9.17, 15) is 0 Å². The van der Waals surface area contributed by atoms with Crippen LogP contribution in [0, 0.1) is 5.41 Å². The number of nitrogens with two attached hydrogens (primary N) is 1. The molecule has 0 aromatic carbocycles. The topological polar surface area (TPSA) is 35.2 Å². The number of ether oxygens (including phenoxy) is 1. The summed E-state index contributed by atoms with van der Waals surface area (Å²) < 4.78 is 5.60. The Labute approximate surface area is 81.8 Å². The van der Waals surface area contributed by atoms with Crippen LogP contribution in [0.2, 0.25) is 0 Å². The Morgan fingerprint density at radius 3 is 2.77 bits per heavy atom. The highest BCUT2D eigenvalue weighted by Crippen LogP contribution is 2.29. The molecular weight excluding hydrogens is 162 g/mol. The van der Waals surface area contributed by atoms with Gasteiger partial charge in [0.15, 0.2) is 0 Å². The van der Waals surface area contributed by atoms with Crippen molar-refractivity contribution in [2.75, 3.05) is 13.2 Å². The summed E-state index contributed by atoms with van der Waals surface area (Å²) in [6.07, 6.45) is 6.61. The van der Waals surface area contributed by atoms with E-state index in [0.29, 0.717) is 11.5 Å². The van der Waals surface area contributed by atoms with Gasteiger partial charge in [-0.1, -0.05) is 13.8 Å². The molecule has 0 bridgehead atoms. The van der Waals surface area contributed by atoms with E-state index in [-0.39, 0.29) is 0 Å². The lowest BCUT2D eigenvalue weighted by atomic mass is 9.82. The Morgan fingerprint density at radius 1 is 1.54 bits per heavy atom. The highest BCUT2D eigenvalue weighted by molar-refractivity contribution is 4.76. The van der Waals surface area contributed by atoms with Crippen molar-refractivity contribution in [1.29, 1.82) is 0 Å². The molecule has 0 spiro atoms. The van der Waals surface area contributed by atoms with Crippen molar-refractivity contribution in [2.24, 2.45) is 11.1 Å². The summed E-state index contributed by atoms with van der Waals surface area (Å²) in [5.41, 5.74) is 6.10. The molecule has 1 aliphatic heterocycles. The Bertz CT molecular complexity index is 137. The van der Waals surface area contributed by atoms with Crippen molar-refractivity contribution in [3.8, 4) is 0 Å². The molecule has 0 saturated carbocycles. The molecule has 0 aromatic heterocycles. The Kier molecular flexibility index (Phi) is 4.20.